The monoisotopic (exact) mass is 310 g/mol. The molecule has 20 heavy (non-hydrogen) atoms. The van der Waals surface area contributed by atoms with Crippen molar-refractivity contribution in [3.63, 3.8) is 0 Å². The minimum Gasteiger partial charge on any atom is -0.379 e. The van der Waals surface area contributed by atoms with Crippen LogP contribution in [0.25, 0.3) is 0 Å². The molecule has 0 unspecified atom stereocenters. The Balaban J connectivity index is 2.17. The number of hydrogen-bond donors (Lipinski definition) is 1. The third-order valence-corrected chi connectivity index (χ3v) is 4.29. The van der Waals surface area contributed by atoms with E-state index in [1.54, 1.807) is 0 Å². The highest BCUT2D eigenvalue weighted by Crippen LogP contribution is 2.30. The lowest BCUT2D eigenvalue weighted by atomic mass is 10.2. The van der Waals surface area contributed by atoms with Gasteiger partial charge in [-0.1, -0.05) is 6.07 Å². The molecule has 0 aliphatic carbocycles. The lowest BCUT2D eigenvalue weighted by Gasteiger charge is -2.26. The number of halogens is 3. The normalized spacial score (nSPS) is 17.9. The van der Waals surface area contributed by atoms with Gasteiger partial charge in [-0.2, -0.15) is 25.9 Å². The summed E-state index contributed by atoms with van der Waals surface area (Å²) in [4.78, 5) is 0. The molecule has 1 N–H and O–H groups in total. The van der Waals surface area contributed by atoms with Crippen LogP contribution >= 0.6 is 0 Å². The van der Waals surface area contributed by atoms with Gasteiger partial charge in [-0.15, -0.1) is 0 Å². The molecule has 0 bridgehead atoms. The molecule has 2 rings (SSSR count). The van der Waals surface area contributed by atoms with Crippen molar-refractivity contribution in [3.8, 4) is 0 Å². The number of alkyl halides is 3. The van der Waals surface area contributed by atoms with Crippen molar-refractivity contribution in [3.05, 3.63) is 29.8 Å². The second-order valence-electron chi connectivity index (χ2n) is 4.20. The first-order valence-corrected chi connectivity index (χ1v) is 7.26. The molecule has 1 aliphatic heterocycles. The van der Waals surface area contributed by atoms with Gasteiger partial charge in [-0.05, 0) is 18.2 Å². The quantitative estimate of drug-likeness (QED) is 0.924. The fourth-order valence-corrected chi connectivity index (χ4v) is 2.94. The van der Waals surface area contributed by atoms with Crippen molar-refractivity contribution in [2.24, 2.45) is 0 Å². The van der Waals surface area contributed by atoms with Gasteiger partial charge in [0.2, 0.25) is 0 Å². The summed E-state index contributed by atoms with van der Waals surface area (Å²) in [6, 6.07) is 4.07. The van der Waals surface area contributed by atoms with E-state index in [9.17, 15) is 21.6 Å². The van der Waals surface area contributed by atoms with Crippen LogP contribution in [-0.4, -0.2) is 39.0 Å². The zero-order valence-corrected chi connectivity index (χ0v) is 11.2. The van der Waals surface area contributed by atoms with E-state index in [0.29, 0.717) is 0 Å². The largest absolute Gasteiger partial charge is 0.416 e. The van der Waals surface area contributed by atoms with Crippen molar-refractivity contribution in [1.29, 1.82) is 0 Å². The van der Waals surface area contributed by atoms with Gasteiger partial charge in [0.15, 0.2) is 0 Å². The third kappa shape index (κ3) is 3.62. The van der Waals surface area contributed by atoms with Crippen molar-refractivity contribution in [1.82, 2.24) is 4.31 Å². The molecule has 1 saturated heterocycles. The first-order valence-electron chi connectivity index (χ1n) is 5.82. The Bertz CT molecular complexity index is 569. The average molecular weight is 310 g/mol. The van der Waals surface area contributed by atoms with Gasteiger partial charge in [0.05, 0.1) is 24.5 Å². The standard InChI is InChI=1S/C11H13F3N2O3S/c12-11(13,14)9-2-1-3-10(8-9)15-20(17,18)16-4-6-19-7-5-16/h1-3,8,15H,4-7H2. The smallest absolute Gasteiger partial charge is 0.379 e. The Kier molecular flexibility index (Phi) is 4.21. The van der Waals surface area contributed by atoms with Crippen LogP contribution in [0.5, 0.6) is 0 Å². The number of ether oxygens (including phenoxy) is 1. The molecule has 0 atom stereocenters. The van der Waals surface area contributed by atoms with Crippen LogP contribution in [0.2, 0.25) is 0 Å². The lowest BCUT2D eigenvalue weighted by Crippen LogP contribution is -2.43. The van der Waals surface area contributed by atoms with Gasteiger partial charge in [-0.25, -0.2) is 0 Å². The first kappa shape index (κ1) is 15.1. The highest BCUT2D eigenvalue weighted by molar-refractivity contribution is 7.90. The first-order chi connectivity index (χ1) is 9.29. The summed E-state index contributed by atoms with van der Waals surface area (Å²) >= 11 is 0. The Morgan fingerprint density at radius 2 is 1.85 bits per heavy atom. The van der Waals surface area contributed by atoms with E-state index >= 15 is 0 Å². The highest BCUT2D eigenvalue weighted by Gasteiger charge is 2.31. The summed E-state index contributed by atoms with van der Waals surface area (Å²) in [5.41, 5.74) is -1.02. The highest BCUT2D eigenvalue weighted by atomic mass is 32.2. The average Bonchev–Trinajstić information content (AvgIpc) is 2.38. The fraction of sp³-hybridized carbons (Fsp3) is 0.455. The van der Waals surface area contributed by atoms with Crippen LogP contribution in [0.1, 0.15) is 5.56 Å². The summed E-state index contributed by atoms with van der Waals surface area (Å²) in [5.74, 6) is 0. The summed E-state index contributed by atoms with van der Waals surface area (Å²) in [5, 5.41) is 0. The Hall–Kier alpha value is -1.32. The van der Waals surface area contributed by atoms with Gasteiger partial charge in [-0.3, -0.25) is 4.72 Å². The topological polar surface area (TPSA) is 58.6 Å². The van der Waals surface area contributed by atoms with E-state index in [1.807, 2.05) is 0 Å². The van der Waals surface area contributed by atoms with Gasteiger partial charge >= 0.3 is 16.4 Å². The minimum absolute atomic E-state index is 0.119. The molecular formula is C11H13F3N2O3S. The molecule has 1 fully saturated rings. The molecule has 0 aromatic heterocycles. The maximum absolute atomic E-state index is 12.6. The third-order valence-electron chi connectivity index (χ3n) is 2.75. The maximum Gasteiger partial charge on any atom is 0.416 e. The lowest BCUT2D eigenvalue weighted by molar-refractivity contribution is -0.137. The molecule has 112 valence electrons. The number of anilines is 1. The SMILES string of the molecule is O=S(=O)(Nc1cccc(C(F)(F)F)c1)N1CCOCC1. The van der Waals surface area contributed by atoms with Crippen LogP contribution < -0.4 is 4.72 Å². The molecule has 0 spiro atoms. The Labute approximate surface area is 114 Å². The summed E-state index contributed by atoms with van der Waals surface area (Å²) in [6.07, 6.45) is -4.51. The van der Waals surface area contributed by atoms with Crippen LogP contribution in [0.15, 0.2) is 24.3 Å². The molecule has 1 heterocycles. The second-order valence-corrected chi connectivity index (χ2v) is 5.87. The molecule has 0 radical (unpaired) electrons. The zero-order chi connectivity index (χ0) is 14.8. The van der Waals surface area contributed by atoms with Crippen LogP contribution in [-0.2, 0) is 21.1 Å². The Morgan fingerprint density at radius 3 is 2.45 bits per heavy atom. The van der Waals surface area contributed by atoms with E-state index in [2.05, 4.69) is 4.72 Å². The van der Waals surface area contributed by atoms with Gasteiger partial charge in [0.1, 0.15) is 0 Å². The van der Waals surface area contributed by atoms with Gasteiger partial charge < -0.3 is 4.74 Å². The van der Waals surface area contributed by atoms with Gasteiger partial charge in [0.25, 0.3) is 0 Å². The number of morpholine rings is 1. The Morgan fingerprint density at radius 1 is 1.20 bits per heavy atom. The fourth-order valence-electron chi connectivity index (χ4n) is 1.76. The molecule has 0 amide bonds. The van der Waals surface area contributed by atoms with E-state index in [1.165, 1.54) is 6.07 Å². The summed E-state index contributed by atoms with van der Waals surface area (Å²) < 4.78 is 69.9. The van der Waals surface area contributed by atoms with Crippen molar-refractivity contribution < 1.29 is 26.3 Å². The zero-order valence-electron chi connectivity index (χ0n) is 10.4. The van der Waals surface area contributed by atoms with Crippen LogP contribution in [0.3, 0.4) is 0 Å². The number of nitrogens with one attached hydrogen (secondary N) is 1. The molecule has 1 aromatic carbocycles. The molecule has 1 aromatic rings. The van der Waals surface area contributed by atoms with Crippen LogP contribution in [0.4, 0.5) is 18.9 Å². The molecule has 9 heteroatoms. The van der Waals surface area contributed by atoms with Crippen molar-refractivity contribution in [2.75, 3.05) is 31.0 Å². The van der Waals surface area contributed by atoms with Gasteiger partial charge in [0, 0.05) is 13.1 Å². The van der Waals surface area contributed by atoms with E-state index in [4.69, 9.17) is 4.74 Å². The van der Waals surface area contributed by atoms with E-state index in [0.717, 1.165) is 22.5 Å². The van der Waals surface area contributed by atoms with Crippen LogP contribution in [0, 0.1) is 0 Å². The van der Waals surface area contributed by atoms with E-state index in [-0.39, 0.29) is 32.0 Å². The minimum atomic E-state index is -4.51. The summed E-state index contributed by atoms with van der Waals surface area (Å²) in [7, 11) is -3.86. The number of nitrogens with zero attached hydrogens (tertiary/aromatic N) is 1. The number of benzene rings is 1. The molecule has 0 saturated carbocycles. The van der Waals surface area contributed by atoms with Crippen molar-refractivity contribution >= 4 is 15.9 Å². The second kappa shape index (κ2) is 5.58. The van der Waals surface area contributed by atoms with E-state index < -0.39 is 21.9 Å². The summed E-state index contributed by atoms with van der Waals surface area (Å²) in [6.45, 7) is 0.885. The number of rotatable bonds is 3. The molecule has 5 nitrogen and oxygen atoms in total. The maximum atomic E-state index is 12.6. The van der Waals surface area contributed by atoms with Crippen molar-refractivity contribution in [2.45, 2.75) is 6.18 Å². The number of hydrogen-bond acceptors (Lipinski definition) is 3. The molecule has 1 aliphatic rings. The molecular weight excluding hydrogens is 297 g/mol. The predicted molar refractivity (Wildman–Crippen MR) is 66.4 cm³/mol. The predicted octanol–water partition coefficient (Wildman–Crippen LogP) is 1.69.